The molecule has 17 heavy (non-hydrogen) atoms. The number of esters is 1. The summed E-state index contributed by atoms with van der Waals surface area (Å²) in [5, 5.41) is 0. The minimum atomic E-state index is -0.347. The Bertz CT molecular complexity index is 568. The third-order valence-corrected chi connectivity index (χ3v) is 3.41. The summed E-state index contributed by atoms with van der Waals surface area (Å²) in [6.45, 7) is 0. The molecule has 2 rings (SSSR count). The predicted octanol–water partition coefficient (Wildman–Crippen LogP) is 2.95. The number of fused-ring (bicyclic) bond motifs is 1. The van der Waals surface area contributed by atoms with Gasteiger partial charge in [-0.3, -0.25) is 0 Å². The first-order valence-corrected chi connectivity index (χ1v) is 6.96. The van der Waals surface area contributed by atoms with E-state index in [0.29, 0.717) is 11.4 Å². The summed E-state index contributed by atoms with van der Waals surface area (Å²) in [6.07, 6.45) is 0. The average Bonchev–Trinajstić information content (AvgIpc) is 2.74. The summed E-state index contributed by atoms with van der Waals surface area (Å²) in [4.78, 5) is 15.9. The topological polar surface area (TPSA) is 44.1 Å². The second-order valence-electron chi connectivity index (χ2n) is 3.40. The number of nitrogens with zero attached hydrogens (tertiary/aromatic N) is 2. The molecule has 4 nitrogen and oxygen atoms in total. The Hall–Kier alpha value is -0.820. The molecule has 0 fully saturated rings. The summed E-state index contributed by atoms with van der Waals surface area (Å²) in [6, 6.07) is 5.29. The Labute approximate surface area is 117 Å². The van der Waals surface area contributed by atoms with Crippen molar-refractivity contribution in [1.82, 2.24) is 9.55 Å². The van der Waals surface area contributed by atoms with E-state index < -0.39 is 0 Å². The molecule has 6 heteroatoms. The number of ether oxygens (including phenoxy) is 1. The van der Waals surface area contributed by atoms with E-state index in [4.69, 9.17) is 16.3 Å². The van der Waals surface area contributed by atoms with Crippen LogP contribution in [0.1, 0.15) is 16.2 Å². The van der Waals surface area contributed by atoms with Gasteiger partial charge in [-0.25, -0.2) is 9.78 Å². The molecule has 0 radical (unpaired) electrons. The first-order chi connectivity index (χ1) is 8.21. The maximum absolute atomic E-state index is 11.5. The van der Waals surface area contributed by atoms with Gasteiger partial charge in [0.1, 0.15) is 5.82 Å². The molecule has 0 aliphatic carbocycles. The van der Waals surface area contributed by atoms with Gasteiger partial charge in [0, 0.05) is 0 Å². The first-order valence-electron chi connectivity index (χ1n) is 4.90. The Morgan fingerprint density at radius 3 is 2.94 bits per heavy atom. The Kier molecular flexibility index (Phi) is 3.88. The van der Waals surface area contributed by atoms with Gasteiger partial charge in [0.05, 0.1) is 34.1 Å². The van der Waals surface area contributed by atoms with Crippen LogP contribution in [-0.4, -0.2) is 22.6 Å². The third-order valence-electron chi connectivity index (χ3n) is 2.49. The van der Waals surface area contributed by atoms with Crippen molar-refractivity contribution in [2.24, 2.45) is 0 Å². The molecule has 90 valence electrons. The average molecular weight is 365 g/mol. The molecule has 0 aliphatic rings. The Morgan fingerprint density at radius 1 is 1.59 bits per heavy atom. The number of aromatic nitrogens is 2. The number of halogens is 2. The van der Waals surface area contributed by atoms with E-state index in [1.54, 1.807) is 18.2 Å². The van der Waals surface area contributed by atoms with Crippen molar-refractivity contribution in [1.29, 1.82) is 0 Å². The van der Waals surface area contributed by atoms with E-state index in [0.717, 1.165) is 21.4 Å². The van der Waals surface area contributed by atoms with Gasteiger partial charge in [-0.2, -0.15) is 0 Å². The standard InChI is InChI=1S/C11H10ClIN2O2/c1-17-11(16)7-2-3-8-9(4-7)15(6-13)10(5-12)14-8/h2-4H,5-6H2,1H3. The van der Waals surface area contributed by atoms with E-state index in [2.05, 4.69) is 27.6 Å². The Balaban J connectivity index is 2.62. The molecule has 0 unspecified atom stereocenters. The summed E-state index contributed by atoms with van der Waals surface area (Å²) < 4.78 is 7.41. The summed E-state index contributed by atoms with van der Waals surface area (Å²) >= 11 is 8.07. The quantitative estimate of drug-likeness (QED) is 0.478. The Morgan fingerprint density at radius 2 is 2.35 bits per heavy atom. The van der Waals surface area contributed by atoms with Crippen molar-refractivity contribution in [2.75, 3.05) is 7.11 Å². The second kappa shape index (κ2) is 5.22. The van der Waals surface area contributed by atoms with Crippen molar-refractivity contribution in [3.8, 4) is 0 Å². The molecule has 2 aromatic rings. The number of alkyl halides is 2. The zero-order chi connectivity index (χ0) is 12.4. The van der Waals surface area contributed by atoms with Crippen molar-refractivity contribution in [3.05, 3.63) is 29.6 Å². The lowest BCUT2D eigenvalue weighted by Gasteiger charge is -2.03. The number of benzene rings is 1. The smallest absolute Gasteiger partial charge is 0.337 e. The third kappa shape index (κ3) is 2.26. The molecule has 1 aromatic heterocycles. The molecule has 0 saturated heterocycles. The summed E-state index contributed by atoms with van der Waals surface area (Å²) in [5.41, 5.74) is 2.26. The molecule has 0 saturated carbocycles. The lowest BCUT2D eigenvalue weighted by atomic mass is 10.2. The highest BCUT2D eigenvalue weighted by atomic mass is 127. The minimum absolute atomic E-state index is 0.347. The minimum Gasteiger partial charge on any atom is -0.465 e. The van der Waals surface area contributed by atoms with Crippen molar-refractivity contribution >= 4 is 51.2 Å². The van der Waals surface area contributed by atoms with Gasteiger partial charge in [0.15, 0.2) is 0 Å². The van der Waals surface area contributed by atoms with Crippen LogP contribution in [-0.2, 0) is 15.2 Å². The summed E-state index contributed by atoms with van der Waals surface area (Å²) in [5.74, 6) is 0.809. The van der Waals surface area contributed by atoms with E-state index in [9.17, 15) is 4.79 Å². The number of rotatable bonds is 3. The van der Waals surface area contributed by atoms with Crippen LogP contribution in [0.3, 0.4) is 0 Å². The number of imidazole rings is 1. The maximum Gasteiger partial charge on any atom is 0.337 e. The lowest BCUT2D eigenvalue weighted by molar-refractivity contribution is 0.0601. The van der Waals surface area contributed by atoms with Crippen LogP contribution in [0, 0.1) is 0 Å². The lowest BCUT2D eigenvalue weighted by Crippen LogP contribution is -2.02. The van der Waals surface area contributed by atoms with Gasteiger partial charge in [-0.05, 0) is 18.2 Å². The SMILES string of the molecule is COC(=O)c1ccc2nc(CCl)n(CI)c2c1. The fraction of sp³-hybridized carbons (Fsp3) is 0.273. The van der Waals surface area contributed by atoms with Gasteiger partial charge in [-0.15, -0.1) is 11.6 Å². The van der Waals surface area contributed by atoms with Crippen LogP contribution < -0.4 is 0 Å². The highest BCUT2D eigenvalue weighted by Crippen LogP contribution is 2.20. The fourth-order valence-electron chi connectivity index (χ4n) is 1.65. The highest BCUT2D eigenvalue weighted by molar-refractivity contribution is 14.1. The maximum atomic E-state index is 11.5. The van der Waals surface area contributed by atoms with Crippen LogP contribution in [0.2, 0.25) is 0 Å². The van der Waals surface area contributed by atoms with Crippen molar-refractivity contribution < 1.29 is 9.53 Å². The van der Waals surface area contributed by atoms with Crippen LogP contribution in [0.4, 0.5) is 0 Å². The molecule has 0 N–H and O–H groups in total. The number of carbonyl (C=O) groups excluding carboxylic acids is 1. The molecule has 0 bridgehead atoms. The van der Waals surface area contributed by atoms with E-state index in [1.807, 2.05) is 4.57 Å². The van der Waals surface area contributed by atoms with E-state index in [-0.39, 0.29) is 5.97 Å². The molecular weight excluding hydrogens is 354 g/mol. The van der Waals surface area contributed by atoms with Gasteiger partial charge < -0.3 is 9.30 Å². The van der Waals surface area contributed by atoms with Crippen molar-refractivity contribution in [2.45, 2.75) is 10.4 Å². The molecule has 0 atom stereocenters. The highest BCUT2D eigenvalue weighted by Gasteiger charge is 2.12. The van der Waals surface area contributed by atoms with E-state index >= 15 is 0 Å². The molecule has 1 heterocycles. The molecule has 0 spiro atoms. The van der Waals surface area contributed by atoms with Crippen LogP contribution >= 0.6 is 34.2 Å². The number of carbonyl (C=O) groups is 1. The zero-order valence-electron chi connectivity index (χ0n) is 9.11. The van der Waals surface area contributed by atoms with E-state index in [1.165, 1.54) is 7.11 Å². The number of hydrogen-bond acceptors (Lipinski definition) is 3. The second-order valence-corrected chi connectivity index (χ2v) is 4.35. The fourth-order valence-corrected chi connectivity index (χ4v) is 2.62. The zero-order valence-corrected chi connectivity index (χ0v) is 12.0. The first kappa shape index (κ1) is 12.6. The van der Waals surface area contributed by atoms with Gasteiger partial charge in [-0.1, -0.05) is 22.6 Å². The number of methoxy groups -OCH3 is 1. The largest absolute Gasteiger partial charge is 0.465 e. The monoisotopic (exact) mass is 364 g/mol. The normalized spacial score (nSPS) is 10.8. The van der Waals surface area contributed by atoms with Crippen LogP contribution in [0.15, 0.2) is 18.2 Å². The van der Waals surface area contributed by atoms with Crippen molar-refractivity contribution in [3.63, 3.8) is 0 Å². The predicted molar refractivity (Wildman–Crippen MR) is 74.6 cm³/mol. The molecule has 1 aromatic carbocycles. The molecule has 0 aliphatic heterocycles. The molecular formula is C11H10ClIN2O2. The van der Waals surface area contributed by atoms with Crippen LogP contribution in [0.5, 0.6) is 0 Å². The number of hydrogen-bond donors (Lipinski definition) is 0. The van der Waals surface area contributed by atoms with Crippen LogP contribution in [0.25, 0.3) is 11.0 Å². The molecule has 0 amide bonds. The van der Waals surface area contributed by atoms with Gasteiger partial charge >= 0.3 is 5.97 Å². The van der Waals surface area contributed by atoms with Gasteiger partial charge in [0.25, 0.3) is 0 Å². The summed E-state index contributed by atoms with van der Waals surface area (Å²) in [7, 11) is 1.37. The van der Waals surface area contributed by atoms with Gasteiger partial charge in [0.2, 0.25) is 0 Å².